The molecule has 2 N–H and O–H groups in total. The summed E-state index contributed by atoms with van der Waals surface area (Å²) in [7, 11) is 3.17. The standard InChI is InChI=1S/C29H28N4O4/c1-19-16-23(12-13-25(19)30-20(2)34)31-28(35)15-11-22-18-33(24-8-6-5-7-9-24)32-29(22)21-10-14-26(36-3)27(17-21)37-4/h5-18H,1-4H3,(H,30,34)(H,31,35)/b15-11+. The van der Waals surface area contributed by atoms with Gasteiger partial charge >= 0.3 is 0 Å². The second-order valence-corrected chi connectivity index (χ2v) is 8.32. The Morgan fingerprint density at radius 3 is 2.35 bits per heavy atom. The minimum atomic E-state index is -0.294. The number of carbonyl (C=O) groups is 2. The lowest BCUT2D eigenvalue weighted by Crippen LogP contribution is -2.10. The van der Waals surface area contributed by atoms with Gasteiger partial charge in [0.15, 0.2) is 11.5 Å². The molecule has 0 atom stereocenters. The number of ether oxygens (including phenoxy) is 2. The van der Waals surface area contributed by atoms with Gasteiger partial charge in [-0.05, 0) is 67.1 Å². The Bertz CT molecular complexity index is 1460. The van der Waals surface area contributed by atoms with E-state index in [0.29, 0.717) is 28.6 Å². The van der Waals surface area contributed by atoms with E-state index >= 15 is 0 Å². The predicted octanol–water partition coefficient (Wildman–Crippen LogP) is 5.48. The Balaban J connectivity index is 1.63. The number of nitrogens with zero attached hydrogens (tertiary/aromatic N) is 2. The molecular formula is C29H28N4O4. The second kappa shape index (κ2) is 11.3. The van der Waals surface area contributed by atoms with Gasteiger partial charge in [-0.3, -0.25) is 9.59 Å². The molecule has 0 bridgehead atoms. The van der Waals surface area contributed by atoms with Crippen LogP contribution in [0.4, 0.5) is 11.4 Å². The van der Waals surface area contributed by atoms with Crippen LogP contribution < -0.4 is 20.1 Å². The molecule has 8 nitrogen and oxygen atoms in total. The molecule has 3 aromatic carbocycles. The largest absolute Gasteiger partial charge is 0.493 e. The molecule has 1 heterocycles. The molecule has 0 aliphatic rings. The molecule has 188 valence electrons. The van der Waals surface area contributed by atoms with Crippen molar-refractivity contribution in [1.82, 2.24) is 9.78 Å². The van der Waals surface area contributed by atoms with Crippen LogP contribution in [0.5, 0.6) is 11.5 Å². The molecule has 0 unspecified atom stereocenters. The molecule has 0 aliphatic heterocycles. The molecule has 4 rings (SSSR count). The summed E-state index contributed by atoms with van der Waals surface area (Å²) in [5, 5.41) is 10.4. The van der Waals surface area contributed by atoms with Gasteiger partial charge in [-0.2, -0.15) is 5.10 Å². The second-order valence-electron chi connectivity index (χ2n) is 8.32. The highest BCUT2D eigenvalue weighted by atomic mass is 16.5. The molecule has 2 amide bonds. The zero-order valence-corrected chi connectivity index (χ0v) is 21.1. The third-order valence-electron chi connectivity index (χ3n) is 5.64. The first-order valence-electron chi connectivity index (χ1n) is 11.6. The number of benzene rings is 3. The molecule has 1 aromatic heterocycles. The fraction of sp³-hybridized carbons (Fsp3) is 0.138. The average molecular weight is 497 g/mol. The first kappa shape index (κ1) is 25.2. The molecule has 0 fully saturated rings. The van der Waals surface area contributed by atoms with Crippen LogP contribution >= 0.6 is 0 Å². The van der Waals surface area contributed by atoms with E-state index in [1.165, 1.54) is 13.0 Å². The van der Waals surface area contributed by atoms with Crippen molar-refractivity contribution in [3.63, 3.8) is 0 Å². The van der Waals surface area contributed by atoms with E-state index in [9.17, 15) is 9.59 Å². The number of carbonyl (C=O) groups excluding carboxylic acids is 2. The Morgan fingerprint density at radius 1 is 0.919 bits per heavy atom. The number of rotatable bonds is 8. The van der Waals surface area contributed by atoms with Crippen LogP contribution in [-0.2, 0) is 9.59 Å². The van der Waals surface area contributed by atoms with Crippen molar-refractivity contribution in [3.8, 4) is 28.4 Å². The Morgan fingerprint density at radius 2 is 1.68 bits per heavy atom. The number of nitrogens with one attached hydrogen (secondary N) is 2. The van der Waals surface area contributed by atoms with E-state index in [1.54, 1.807) is 43.2 Å². The molecule has 0 radical (unpaired) electrons. The zero-order chi connectivity index (χ0) is 26.4. The van der Waals surface area contributed by atoms with E-state index < -0.39 is 0 Å². The summed E-state index contributed by atoms with van der Waals surface area (Å²) in [5.74, 6) is 0.756. The maximum atomic E-state index is 12.7. The lowest BCUT2D eigenvalue weighted by atomic mass is 10.1. The van der Waals surface area contributed by atoms with Crippen LogP contribution in [0.15, 0.2) is 79.0 Å². The summed E-state index contributed by atoms with van der Waals surface area (Å²) < 4.78 is 12.6. The number of hydrogen-bond acceptors (Lipinski definition) is 5. The summed E-state index contributed by atoms with van der Waals surface area (Å²) in [6.07, 6.45) is 5.07. The van der Waals surface area contributed by atoms with Crippen LogP contribution in [0.25, 0.3) is 23.0 Å². The number of methoxy groups -OCH3 is 2. The topological polar surface area (TPSA) is 94.5 Å². The average Bonchev–Trinajstić information content (AvgIpc) is 3.33. The van der Waals surface area contributed by atoms with Crippen molar-refractivity contribution in [2.45, 2.75) is 13.8 Å². The van der Waals surface area contributed by atoms with E-state index in [1.807, 2.05) is 61.7 Å². The highest BCUT2D eigenvalue weighted by Crippen LogP contribution is 2.34. The summed E-state index contributed by atoms with van der Waals surface area (Å²) in [5.41, 5.74) is 5.32. The number of aromatic nitrogens is 2. The van der Waals surface area contributed by atoms with E-state index in [-0.39, 0.29) is 11.8 Å². The Labute approximate surface area is 215 Å². The van der Waals surface area contributed by atoms with Crippen LogP contribution in [0.2, 0.25) is 0 Å². The maximum absolute atomic E-state index is 12.7. The number of para-hydroxylation sites is 1. The minimum Gasteiger partial charge on any atom is -0.493 e. The number of aryl methyl sites for hydroxylation is 1. The fourth-order valence-corrected chi connectivity index (χ4v) is 3.85. The number of anilines is 2. The van der Waals surface area contributed by atoms with Crippen LogP contribution in [-0.4, -0.2) is 35.8 Å². The third kappa shape index (κ3) is 6.05. The maximum Gasteiger partial charge on any atom is 0.248 e. The van der Waals surface area contributed by atoms with Crippen molar-refractivity contribution >= 4 is 29.3 Å². The normalized spacial score (nSPS) is 10.8. The van der Waals surface area contributed by atoms with Crippen molar-refractivity contribution in [2.75, 3.05) is 24.9 Å². The van der Waals surface area contributed by atoms with Gasteiger partial charge in [0.1, 0.15) is 5.69 Å². The minimum absolute atomic E-state index is 0.149. The van der Waals surface area contributed by atoms with E-state index in [4.69, 9.17) is 14.6 Å². The van der Waals surface area contributed by atoms with Gasteiger partial charge in [0, 0.05) is 41.7 Å². The van der Waals surface area contributed by atoms with Gasteiger partial charge in [0.25, 0.3) is 0 Å². The third-order valence-corrected chi connectivity index (χ3v) is 5.64. The highest BCUT2D eigenvalue weighted by Gasteiger charge is 2.14. The van der Waals surface area contributed by atoms with Crippen molar-refractivity contribution in [1.29, 1.82) is 0 Å². The summed E-state index contributed by atoms with van der Waals surface area (Å²) in [4.78, 5) is 24.1. The van der Waals surface area contributed by atoms with Crippen LogP contribution in [0.3, 0.4) is 0 Å². The summed E-state index contributed by atoms with van der Waals surface area (Å²) >= 11 is 0. The monoisotopic (exact) mass is 496 g/mol. The molecule has 0 spiro atoms. The van der Waals surface area contributed by atoms with Gasteiger partial charge in [0.05, 0.1) is 19.9 Å². The Kier molecular flexibility index (Phi) is 7.68. The lowest BCUT2D eigenvalue weighted by molar-refractivity contribution is -0.114. The molecule has 0 saturated heterocycles. The summed E-state index contributed by atoms with van der Waals surface area (Å²) in [6, 6.07) is 20.6. The smallest absolute Gasteiger partial charge is 0.248 e. The van der Waals surface area contributed by atoms with E-state index in [2.05, 4.69) is 10.6 Å². The highest BCUT2D eigenvalue weighted by molar-refractivity contribution is 6.02. The molecule has 0 saturated carbocycles. The molecular weight excluding hydrogens is 468 g/mol. The van der Waals surface area contributed by atoms with Gasteiger partial charge in [-0.1, -0.05) is 18.2 Å². The van der Waals surface area contributed by atoms with Crippen molar-refractivity contribution in [2.24, 2.45) is 0 Å². The van der Waals surface area contributed by atoms with Gasteiger partial charge < -0.3 is 20.1 Å². The number of hydrogen-bond donors (Lipinski definition) is 2. The lowest BCUT2D eigenvalue weighted by Gasteiger charge is -2.09. The summed E-state index contributed by atoms with van der Waals surface area (Å²) in [6.45, 7) is 3.32. The van der Waals surface area contributed by atoms with Crippen molar-refractivity contribution < 1.29 is 19.1 Å². The van der Waals surface area contributed by atoms with Gasteiger partial charge in [0.2, 0.25) is 11.8 Å². The molecule has 0 aliphatic carbocycles. The first-order valence-corrected chi connectivity index (χ1v) is 11.6. The Hall–Kier alpha value is -4.85. The predicted molar refractivity (Wildman–Crippen MR) is 145 cm³/mol. The van der Waals surface area contributed by atoms with Gasteiger partial charge in [-0.25, -0.2) is 4.68 Å². The van der Waals surface area contributed by atoms with Crippen molar-refractivity contribution in [3.05, 3.63) is 90.1 Å². The first-order chi connectivity index (χ1) is 17.9. The molecule has 37 heavy (non-hydrogen) atoms. The van der Waals surface area contributed by atoms with Crippen LogP contribution in [0.1, 0.15) is 18.1 Å². The number of amides is 2. The van der Waals surface area contributed by atoms with Crippen LogP contribution in [0, 0.1) is 6.92 Å². The molecule has 8 heteroatoms. The SMILES string of the molecule is COc1ccc(-c2nn(-c3ccccc3)cc2/C=C/C(=O)Nc2ccc(NC(C)=O)c(C)c2)cc1OC. The quantitative estimate of drug-likeness (QED) is 0.315. The van der Waals surface area contributed by atoms with E-state index in [0.717, 1.165) is 22.4 Å². The zero-order valence-electron chi connectivity index (χ0n) is 21.1. The molecule has 4 aromatic rings. The fourth-order valence-electron chi connectivity index (χ4n) is 3.85. The van der Waals surface area contributed by atoms with Gasteiger partial charge in [-0.15, -0.1) is 0 Å².